The fourth-order valence-corrected chi connectivity index (χ4v) is 2.35. The van der Waals surface area contributed by atoms with Crippen LogP contribution in [0.4, 0.5) is 0 Å². The van der Waals surface area contributed by atoms with Gasteiger partial charge in [-0.05, 0) is 23.6 Å². The number of H-pyrrole nitrogens is 2. The fraction of sp³-hybridized carbons (Fsp3) is 0. The first-order chi connectivity index (χ1) is 12.8. The van der Waals surface area contributed by atoms with Crippen LogP contribution in [0.3, 0.4) is 0 Å². The van der Waals surface area contributed by atoms with Gasteiger partial charge in [-0.15, -0.1) is 0 Å². The van der Waals surface area contributed by atoms with Gasteiger partial charge >= 0.3 is 17.9 Å². The van der Waals surface area contributed by atoms with E-state index in [9.17, 15) is 24.3 Å². The van der Waals surface area contributed by atoms with Crippen molar-refractivity contribution in [3.63, 3.8) is 0 Å². The van der Waals surface area contributed by atoms with Gasteiger partial charge in [0.2, 0.25) is 0 Å². The van der Waals surface area contributed by atoms with Gasteiger partial charge in [0.05, 0.1) is 0 Å². The summed E-state index contributed by atoms with van der Waals surface area (Å²) in [5, 5.41) is 26.0. The maximum atomic E-state index is 11.9. The second-order valence-corrected chi connectivity index (χ2v) is 5.15. The highest BCUT2D eigenvalue weighted by Gasteiger charge is 2.18. The summed E-state index contributed by atoms with van der Waals surface area (Å²) in [4.78, 5) is 47.7. The molecular weight excluding hydrogens is 356 g/mol. The number of fused-ring (bicyclic) bond motifs is 1. The number of aliphatic carboxylic acids is 2. The van der Waals surface area contributed by atoms with Crippen LogP contribution >= 0.6 is 0 Å². The number of aromatic nitrogens is 2. The van der Waals surface area contributed by atoms with E-state index in [-0.39, 0.29) is 5.69 Å². The number of hydrogen-bond acceptors (Lipinski definition) is 4. The normalized spacial score (nSPS) is 10.4. The zero-order valence-corrected chi connectivity index (χ0v) is 13.7. The summed E-state index contributed by atoms with van der Waals surface area (Å²) >= 11 is 0. The highest BCUT2D eigenvalue weighted by atomic mass is 16.4. The number of carboxylic acid groups (broad SMARTS) is 3. The van der Waals surface area contributed by atoms with Gasteiger partial charge in [-0.2, -0.15) is 0 Å². The molecule has 9 heteroatoms. The van der Waals surface area contributed by atoms with Crippen molar-refractivity contribution in [3.05, 3.63) is 70.8 Å². The van der Waals surface area contributed by atoms with Crippen LogP contribution in [0.15, 0.2) is 59.5 Å². The van der Waals surface area contributed by atoms with Gasteiger partial charge in [-0.1, -0.05) is 18.2 Å². The third-order valence-electron chi connectivity index (χ3n) is 3.38. The predicted octanol–water partition coefficient (Wildman–Crippen LogP) is 1.93. The summed E-state index contributed by atoms with van der Waals surface area (Å²) in [6.07, 6.45) is 2.82. The molecule has 0 spiro atoms. The summed E-state index contributed by atoms with van der Waals surface area (Å²) in [5.41, 5.74) is 0.645. The lowest BCUT2D eigenvalue weighted by molar-refractivity contribution is -0.134. The highest BCUT2D eigenvalue weighted by molar-refractivity contribution is 6.05. The number of hydrogen-bond donors (Lipinski definition) is 5. The Morgan fingerprint density at radius 3 is 1.93 bits per heavy atom. The molecule has 138 valence electrons. The maximum absolute atomic E-state index is 11.9. The molecule has 0 saturated heterocycles. The zero-order valence-electron chi connectivity index (χ0n) is 13.7. The average molecular weight is 370 g/mol. The van der Waals surface area contributed by atoms with Gasteiger partial charge in [0, 0.05) is 35.0 Å². The van der Waals surface area contributed by atoms with Crippen molar-refractivity contribution >= 4 is 28.7 Å². The molecule has 0 bridgehead atoms. The Morgan fingerprint density at radius 2 is 1.44 bits per heavy atom. The molecule has 0 unspecified atom stereocenters. The van der Waals surface area contributed by atoms with Crippen molar-refractivity contribution in [3.8, 4) is 11.3 Å². The van der Waals surface area contributed by atoms with Crippen molar-refractivity contribution < 1.29 is 29.7 Å². The Kier molecular flexibility index (Phi) is 5.90. The largest absolute Gasteiger partial charge is 0.478 e. The van der Waals surface area contributed by atoms with Crippen LogP contribution in [0, 0.1) is 0 Å². The molecule has 2 heterocycles. The van der Waals surface area contributed by atoms with Gasteiger partial charge in [0.15, 0.2) is 0 Å². The first-order valence-corrected chi connectivity index (χ1v) is 7.47. The molecule has 1 aromatic carbocycles. The number of benzene rings is 1. The van der Waals surface area contributed by atoms with Crippen molar-refractivity contribution in [1.82, 2.24) is 9.97 Å². The lowest BCUT2D eigenvalue weighted by Gasteiger charge is -2.08. The number of carboxylic acids is 3. The Balaban J connectivity index is 0.000000279. The monoisotopic (exact) mass is 370 g/mol. The van der Waals surface area contributed by atoms with E-state index in [1.165, 1.54) is 0 Å². The lowest BCUT2D eigenvalue weighted by atomic mass is 10.0. The van der Waals surface area contributed by atoms with Crippen LogP contribution in [0.5, 0.6) is 0 Å². The molecule has 0 aliphatic heterocycles. The molecule has 0 radical (unpaired) electrons. The van der Waals surface area contributed by atoms with E-state index in [1.807, 2.05) is 0 Å². The third kappa shape index (κ3) is 4.69. The van der Waals surface area contributed by atoms with E-state index in [1.54, 1.807) is 42.6 Å². The maximum Gasteiger partial charge on any atom is 0.353 e. The van der Waals surface area contributed by atoms with Crippen molar-refractivity contribution in [2.75, 3.05) is 0 Å². The van der Waals surface area contributed by atoms with Crippen LogP contribution in [0.2, 0.25) is 0 Å². The number of aromatic amines is 2. The first kappa shape index (κ1) is 19.2. The molecule has 0 aliphatic rings. The van der Waals surface area contributed by atoms with Crippen molar-refractivity contribution in [2.45, 2.75) is 0 Å². The molecule has 0 atom stereocenters. The predicted molar refractivity (Wildman–Crippen MR) is 95.7 cm³/mol. The number of carbonyl (C=O) groups is 3. The lowest BCUT2D eigenvalue weighted by Crippen LogP contribution is -2.15. The summed E-state index contributed by atoms with van der Waals surface area (Å²) in [7, 11) is 0. The quantitative estimate of drug-likeness (QED) is 0.438. The Bertz CT molecular complexity index is 1060. The number of pyridine rings is 1. The zero-order chi connectivity index (χ0) is 20.0. The third-order valence-corrected chi connectivity index (χ3v) is 3.38. The molecule has 3 rings (SSSR count). The van der Waals surface area contributed by atoms with Gasteiger partial charge in [-0.25, -0.2) is 14.4 Å². The summed E-state index contributed by atoms with van der Waals surface area (Å²) in [6.45, 7) is 0. The van der Waals surface area contributed by atoms with E-state index >= 15 is 0 Å². The molecule has 2 aromatic heterocycles. The summed E-state index contributed by atoms with van der Waals surface area (Å²) in [5.74, 6) is -3.67. The van der Waals surface area contributed by atoms with Gasteiger partial charge in [0.25, 0.3) is 5.56 Å². The van der Waals surface area contributed by atoms with Crippen LogP contribution in [-0.4, -0.2) is 43.2 Å². The fourth-order valence-electron chi connectivity index (χ4n) is 2.35. The highest BCUT2D eigenvalue weighted by Crippen LogP contribution is 2.28. The van der Waals surface area contributed by atoms with Gasteiger partial charge < -0.3 is 25.3 Å². The second kappa shape index (κ2) is 8.30. The Morgan fingerprint density at radius 1 is 0.852 bits per heavy atom. The van der Waals surface area contributed by atoms with Gasteiger partial charge in [0.1, 0.15) is 5.69 Å². The smallest absolute Gasteiger partial charge is 0.353 e. The van der Waals surface area contributed by atoms with Crippen LogP contribution < -0.4 is 5.56 Å². The van der Waals surface area contributed by atoms with Gasteiger partial charge in [-0.3, -0.25) is 4.79 Å². The number of rotatable bonds is 4. The molecular formula is C18H14N2O7. The Hall–Kier alpha value is -4.14. The summed E-state index contributed by atoms with van der Waals surface area (Å²) < 4.78 is 0. The molecule has 27 heavy (non-hydrogen) atoms. The molecule has 9 nitrogen and oxygen atoms in total. The van der Waals surface area contributed by atoms with E-state index in [0.717, 1.165) is 0 Å². The first-order valence-electron chi connectivity index (χ1n) is 7.47. The van der Waals surface area contributed by atoms with E-state index in [2.05, 4.69) is 9.97 Å². The van der Waals surface area contributed by atoms with E-state index < -0.39 is 23.5 Å². The molecule has 0 aliphatic carbocycles. The number of nitrogens with one attached hydrogen (secondary N) is 2. The SMILES string of the molecule is O=C(O)/C=C/C(=O)O.O=C(O)c1[nH]c(=O)c2ccccc2c1-c1ccc[nH]1. The molecule has 0 amide bonds. The minimum absolute atomic E-state index is 0.105. The average Bonchev–Trinajstić information content (AvgIpc) is 3.14. The molecule has 5 N–H and O–H groups in total. The molecule has 0 fully saturated rings. The Labute approximate surface area is 151 Å². The minimum atomic E-state index is -1.26. The van der Waals surface area contributed by atoms with E-state index in [0.29, 0.717) is 34.2 Å². The van der Waals surface area contributed by atoms with Crippen LogP contribution in [0.25, 0.3) is 22.0 Å². The second-order valence-electron chi connectivity index (χ2n) is 5.15. The van der Waals surface area contributed by atoms with Crippen molar-refractivity contribution in [2.24, 2.45) is 0 Å². The van der Waals surface area contributed by atoms with Crippen LogP contribution in [-0.2, 0) is 9.59 Å². The topological polar surface area (TPSA) is 161 Å². The van der Waals surface area contributed by atoms with Crippen molar-refractivity contribution in [1.29, 1.82) is 0 Å². The standard InChI is InChI=1S/C14H10N2O3.C4H4O4/c17-13-9-5-2-1-4-8(9)11(10-6-3-7-15-10)12(16-13)14(18)19;5-3(6)1-2-4(7)8/h1-7,15H,(H,16,17)(H,18,19);1-2H,(H,5,6)(H,7,8)/b;2-1+. The molecule has 0 saturated carbocycles. The van der Waals surface area contributed by atoms with E-state index in [4.69, 9.17) is 10.2 Å². The minimum Gasteiger partial charge on any atom is -0.478 e. The van der Waals surface area contributed by atoms with Crippen LogP contribution in [0.1, 0.15) is 10.5 Å². The summed E-state index contributed by atoms with van der Waals surface area (Å²) in [6, 6.07) is 10.5. The number of aromatic carboxylic acids is 1. The molecule has 3 aromatic rings.